The Kier molecular flexibility index (Phi) is 6.35. The molecule has 3 rings (SSSR count). The smallest absolute Gasteiger partial charge is 0.227 e. The summed E-state index contributed by atoms with van der Waals surface area (Å²) in [6.45, 7) is 3.89. The molecule has 2 amide bonds. The zero-order valence-corrected chi connectivity index (χ0v) is 14.7. The number of hydrogen-bond acceptors (Lipinski definition) is 3. The molecule has 0 aliphatic carbocycles. The van der Waals surface area contributed by atoms with Crippen molar-refractivity contribution < 1.29 is 18.4 Å². The van der Waals surface area contributed by atoms with Gasteiger partial charge in [0.25, 0.3) is 0 Å². The van der Waals surface area contributed by atoms with Crippen LogP contribution in [0.2, 0.25) is 0 Å². The first-order valence-corrected chi connectivity index (χ1v) is 8.22. The van der Waals surface area contributed by atoms with E-state index in [9.17, 15) is 18.4 Å². The quantitative estimate of drug-likeness (QED) is 0.850. The van der Waals surface area contributed by atoms with Gasteiger partial charge in [0.05, 0.1) is 11.6 Å². The molecule has 8 heteroatoms. The Labute approximate surface area is 151 Å². The maximum atomic E-state index is 13.9. The fraction of sp³-hybridized carbons (Fsp3) is 0.529. The Morgan fingerprint density at radius 1 is 1.36 bits per heavy atom. The molecule has 25 heavy (non-hydrogen) atoms. The Balaban J connectivity index is 0.00000225. The number of hydrogen-bond donors (Lipinski definition) is 2. The minimum atomic E-state index is -0.795. The molecule has 3 atom stereocenters. The number of piperidine rings is 1. The number of nitrogens with zero attached hydrogens (tertiary/aromatic N) is 1. The number of rotatable bonds is 3. The van der Waals surface area contributed by atoms with E-state index < -0.39 is 17.6 Å². The van der Waals surface area contributed by atoms with Crippen LogP contribution >= 0.6 is 12.4 Å². The topological polar surface area (TPSA) is 61.4 Å². The van der Waals surface area contributed by atoms with Gasteiger partial charge < -0.3 is 15.5 Å². The average Bonchev–Trinajstić information content (AvgIpc) is 2.91. The summed E-state index contributed by atoms with van der Waals surface area (Å²) in [5.74, 6) is -2.17. The minimum Gasteiger partial charge on any atom is -0.353 e. The van der Waals surface area contributed by atoms with Crippen LogP contribution in [0, 0.1) is 23.5 Å². The van der Waals surface area contributed by atoms with E-state index in [1.165, 1.54) is 11.0 Å². The highest BCUT2D eigenvalue weighted by molar-refractivity contribution is 6.00. The zero-order valence-electron chi connectivity index (χ0n) is 13.9. The predicted molar refractivity (Wildman–Crippen MR) is 92.6 cm³/mol. The highest BCUT2D eigenvalue weighted by Crippen LogP contribution is 2.28. The first-order chi connectivity index (χ1) is 11.5. The maximum Gasteiger partial charge on any atom is 0.227 e. The van der Waals surface area contributed by atoms with Gasteiger partial charge in [0.2, 0.25) is 11.8 Å². The fourth-order valence-electron chi connectivity index (χ4n) is 3.35. The molecule has 0 bridgehead atoms. The second kappa shape index (κ2) is 8.10. The molecule has 2 aliphatic rings. The normalized spacial score (nSPS) is 26.3. The van der Waals surface area contributed by atoms with Gasteiger partial charge in [-0.15, -0.1) is 12.4 Å². The summed E-state index contributed by atoms with van der Waals surface area (Å²) in [6, 6.07) is 3.17. The lowest BCUT2D eigenvalue weighted by atomic mass is 9.94. The van der Waals surface area contributed by atoms with Gasteiger partial charge in [-0.25, -0.2) is 8.78 Å². The molecule has 2 saturated heterocycles. The summed E-state index contributed by atoms with van der Waals surface area (Å²) < 4.78 is 26.9. The summed E-state index contributed by atoms with van der Waals surface area (Å²) in [7, 11) is 0. The predicted octanol–water partition coefficient (Wildman–Crippen LogP) is 1.85. The highest BCUT2D eigenvalue weighted by Gasteiger charge is 2.37. The van der Waals surface area contributed by atoms with Crippen molar-refractivity contribution in [3.63, 3.8) is 0 Å². The number of anilines is 1. The average molecular weight is 374 g/mol. The van der Waals surface area contributed by atoms with Gasteiger partial charge in [-0.05, 0) is 37.6 Å². The molecule has 0 saturated carbocycles. The lowest BCUT2D eigenvalue weighted by Gasteiger charge is -2.31. The first-order valence-electron chi connectivity index (χ1n) is 8.22. The van der Waals surface area contributed by atoms with E-state index in [0.29, 0.717) is 5.92 Å². The van der Waals surface area contributed by atoms with Crippen LogP contribution in [-0.4, -0.2) is 37.5 Å². The molecule has 1 aromatic rings. The van der Waals surface area contributed by atoms with Crippen LogP contribution in [0.3, 0.4) is 0 Å². The summed E-state index contributed by atoms with van der Waals surface area (Å²) in [6.07, 6.45) is 0.895. The van der Waals surface area contributed by atoms with Crippen molar-refractivity contribution in [2.45, 2.75) is 25.8 Å². The van der Waals surface area contributed by atoms with Gasteiger partial charge >= 0.3 is 0 Å². The summed E-state index contributed by atoms with van der Waals surface area (Å²) in [5.41, 5.74) is 0.0203. The molecular formula is C17H22ClF2N3O2. The van der Waals surface area contributed by atoms with Gasteiger partial charge in [0.1, 0.15) is 11.6 Å². The Morgan fingerprint density at radius 3 is 2.80 bits per heavy atom. The third kappa shape index (κ3) is 4.27. The van der Waals surface area contributed by atoms with Crippen molar-refractivity contribution in [1.29, 1.82) is 0 Å². The van der Waals surface area contributed by atoms with Crippen LogP contribution in [0.25, 0.3) is 0 Å². The number of carbonyl (C=O) groups excluding carboxylic acids is 2. The van der Waals surface area contributed by atoms with Crippen LogP contribution in [0.1, 0.15) is 19.8 Å². The summed E-state index contributed by atoms with van der Waals surface area (Å²) in [4.78, 5) is 25.8. The first kappa shape index (κ1) is 19.6. The van der Waals surface area contributed by atoms with Crippen LogP contribution in [0.15, 0.2) is 18.2 Å². The Hall–Kier alpha value is -1.73. The minimum absolute atomic E-state index is 0. The molecule has 2 N–H and O–H groups in total. The second-order valence-electron chi connectivity index (χ2n) is 6.59. The van der Waals surface area contributed by atoms with Crippen LogP contribution in [0.5, 0.6) is 0 Å². The third-order valence-corrected chi connectivity index (χ3v) is 4.81. The van der Waals surface area contributed by atoms with E-state index >= 15 is 0 Å². The number of carbonyl (C=O) groups is 2. The monoisotopic (exact) mass is 373 g/mol. The van der Waals surface area contributed by atoms with Crippen molar-refractivity contribution in [3.05, 3.63) is 29.8 Å². The number of amides is 2. The van der Waals surface area contributed by atoms with Crippen molar-refractivity contribution in [2.24, 2.45) is 11.8 Å². The molecule has 0 aromatic heterocycles. The lowest BCUT2D eigenvalue weighted by molar-refractivity contribution is -0.127. The fourth-order valence-corrected chi connectivity index (χ4v) is 3.35. The van der Waals surface area contributed by atoms with Gasteiger partial charge in [-0.1, -0.05) is 6.92 Å². The standard InChI is InChI=1S/C17H21F2N3O2.ClH/c1-10-8-20-5-4-14(10)21-17(24)11-6-16(23)22(9-11)15-3-2-12(18)7-13(15)19;/h2-3,7,10-11,14,20H,4-6,8-9H2,1H3,(H,21,24);1H. The Morgan fingerprint density at radius 2 is 2.12 bits per heavy atom. The molecule has 2 aliphatic heterocycles. The molecular weight excluding hydrogens is 352 g/mol. The molecule has 0 spiro atoms. The van der Waals surface area contributed by atoms with Gasteiger partial charge in [0.15, 0.2) is 0 Å². The number of halogens is 3. The van der Waals surface area contributed by atoms with Gasteiger partial charge in [0, 0.05) is 25.1 Å². The molecule has 5 nitrogen and oxygen atoms in total. The second-order valence-corrected chi connectivity index (χ2v) is 6.59. The van der Waals surface area contributed by atoms with Gasteiger partial charge in [-0.3, -0.25) is 9.59 Å². The van der Waals surface area contributed by atoms with E-state index in [2.05, 4.69) is 17.6 Å². The highest BCUT2D eigenvalue weighted by atomic mass is 35.5. The van der Waals surface area contributed by atoms with E-state index in [1.54, 1.807) is 0 Å². The molecule has 3 unspecified atom stereocenters. The van der Waals surface area contributed by atoms with Crippen molar-refractivity contribution in [3.8, 4) is 0 Å². The van der Waals surface area contributed by atoms with Gasteiger partial charge in [-0.2, -0.15) is 0 Å². The maximum absolute atomic E-state index is 13.9. The molecule has 0 radical (unpaired) electrons. The SMILES string of the molecule is CC1CNCCC1NC(=O)C1CC(=O)N(c2ccc(F)cc2F)C1.Cl. The lowest BCUT2D eigenvalue weighted by Crippen LogP contribution is -2.50. The van der Waals surface area contributed by atoms with E-state index in [-0.39, 0.29) is 48.9 Å². The van der Waals surface area contributed by atoms with Crippen LogP contribution in [-0.2, 0) is 9.59 Å². The number of benzene rings is 1. The summed E-state index contributed by atoms with van der Waals surface area (Å²) in [5, 5.41) is 6.28. The molecule has 2 fully saturated rings. The largest absolute Gasteiger partial charge is 0.353 e. The summed E-state index contributed by atoms with van der Waals surface area (Å²) >= 11 is 0. The molecule has 2 heterocycles. The van der Waals surface area contributed by atoms with Crippen molar-refractivity contribution in [2.75, 3.05) is 24.5 Å². The third-order valence-electron chi connectivity index (χ3n) is 4.81. The van der Waals surface area contributed by atoms with E-state index in [4.69, 9.17) is 0 Å². The number of nitrogens with one attached hydrogen (secondary N) is 2. The Bertz CT molecular complexity index is 659. The van der Waals surface area contributed by atoms with Crippen molar-refractivity contribution in [1.82, 2.24) is 10.6 Å². The van der Waals surface area contributed by atoms with E-state index in [0.717, 1.165) is 31.6 Å². The molecule has 138 valence electrons. The van der Waals surface area contributed by atoms with Crippen LogP contribution in [0.4, 0.5) is 14.5 Å². The molecule has 1 aromatic carbocycles. The van der Waals surface area contributed by atoms with Crippen molar-refractivity contribution >= 4 is 29.9 Å². The zero-order chi connectivity index (χ0) is 17.3. The van der Waals surface area contributed by atoms with Crippen LogP contribution < -0.4 is 15.5 Å². The van der Waals surface area contributed by atoms with E-state index in [1.807, 2.05) is 0 Å².